The summed E-state index contributed by atoms with van der Waals surface area (Å²) in [5.41, 5.74) is 18.4. The third-order valence-corrected chi connectivity index (χ3v) is 32.2. The molecular weight excluding hydrogens is 871 g/mol. The summed E-state index contributed by atoms with van der Waals surface area (Å²) in [4.78, 5) is 0. The largest absolute Gasteiger partial charge is 0.147 e. The van der Waals surface area contributed by atoms with Crippen LogP contribution in [0.15, 0.2) is 130 Å². The first-order valence-electron chi connectivity index (χ1n) is 20.6. The normalized spacial score (nSPS) is 15.3. The molecule has 0 aliphatic heterocycles. The summed E-state index contributed by atoms with van der Waals surface area (Å²) in [5, 5.41) is 5.10. The zero-order valence-corrected chi connectivity index (χ0v) is 40.6. The fourth-order valence-corrected chi connectivity index (χ4v) is 29.7. The van der Waals surface area contributed by atoms with Crippen LogP contribution in [0.1, 0.15) is 74.8 Å². The number of hydrogen-bond acceptors (Lipinski definition) is 2. The predicted molar refractivity (Wildman–Crippen MR) is 258 cm³/mol. The molecule has 60 heavy (non-hydrogen) atoms. The van der Waals surface area contributed by atoms with Crippen molar-refractivity contribution in [1.29, 1.82) is 0 Å². The molecule has 0 N–H and O–H groups in total. The van der Waals surface area contributed by atoms with Crippen LogP contribution >= 0.6 is 24.8 Å². The topological polar surface area (TPSA) is 26.3 Å². The van der Waals surface area contributed by atoms with Gasteiger partial charge in [-0.2, -0.15) is 0 Å². The van der Waals surface area contributed by atoms with Gasteiger partial charge >= 0.3 is 352 Å². The minimum atomic E-state index is -2.75. The van der Waals surface area contributed by atoms with Gasteiger partial charge in [-0.3, -0.25) is 0 Å². The van der Waals surface area contributed by atoms with Gasteiger partial charge in [0.05, 0.1) is 0 Å². The molecule has 2 aromatic heterocycles. The van der Waals surface area contributed by atoms with Crippen molar-refractivity contribution in [3.05, 3.63) is 189 Å². The van der Waals surface area contributed by atoms with Gasteiger partial charge in [0.2, 0.25) is 0 Å². The second-order valence-electron chi connectivity index (χ2n) is 16.9. The second kappa shape index (κ2) is 16.4. The Morgan fingerprint density at radius 1 is 0.467 bits per heavy atom. The Kier molecular flexibility index (Phi) is 11.6. The molecule has 6 aromatic carbocycles. The minimum absolute atomic E-state index is 0. The SMILES string of the molecule is Cc1ccc(C2=Cc3c(cc(C)c(C)c3-c3ccc4ccccc4c3)[CH]2[Zr]([CH]2C(c3ccc(C)o3)=Cc3c2cc(C)c(C)c3-c2ccc3ccccc3c2)=[Si](C)C)o1.Cl.Cl. The molecule has 0 spiro atoms. The van der Waals surface area contributed by atoms with Crippen molar-refractivity contribution >= 4 is 75.1 Å². The van der Waals surface area contributed by atoms with Crippen LogP contribution in [-0.2, 0) is 20.4 Å². The zero-order chi connectivity index (χ0) is 40.0. The number of hydrogen-bond donors (Lipinski definition) is 0. The van der Waals surface area contributed by atoms with Crippen LogP contribution in [-0.4, -0.2) is 5.43 Å². The third-order valence-electron chi connectivity index (χ3n) is 13.0. The van der Waals surface area contributed by atoms with Gasteiger partial charge in [-0.1, -0.05) is 0 Å². The molecule has 2 nitrogen and oxygen atoms in total. The van der Waals surface area contributed by atoms with Crippen LogP contribution in [0.25, 0.3) is 67.1 Å². The summed E-state index contributed by atoms with van der Waals surface area (Å²) in [6, 6.07) is 45.4. The van der Waals surface area contributed by atoms with Crippen molar-refractivity contribution in [2.75, 3.05) is 0 Å². The van der Waals surface area contributed by atoms with E-state index in [1.165, 1.54) is 99.5 Å². The van der Waals surface area contributed by atoms with E-state index in [1.54, 1.807) is 0 Å². The van der Waals surface area contributed by atoms with E-state index in [4.69, 9.17) is 8.83 Å². The predicted octanol–water partition coefficient (Wildman–Crippen LogP) is 16.0. The number of fused-ring (bicyclic) bond motifs is 4. The van der Waals surface area contributed by atoms with Crippen molar-refractivity contribution in [1.82, 2.24) is 0 Å². The Morgan fingerprint density at radius 2 is 0.867 bits per heavy atom. The Labute approximate surface area is 374 Å². The van der Waals surface area contributed by atoms with Crippen molar-refractivity contribution in [2.24, 2.45) is 0 Å². The minimum Gasteiger partial charge on any atom is -0.147 e. The quantitative estimate of drug-likeness (QED) is 0.155. The molecule has 6 heteroatoms. The fraction of sp³-hybridized carbons (Fsp3) is 0.185. The molecule has 2 unspecified atom stereocenters. The van der Waals surface area contributed by atoms with Gasteiger partial charge in [0.1, 0.15) is 0 Å². The summed E-state index contributed by atoms with van der Waals surface area (Å²) >= 11 is -2.75. The van der Waals surface area contributed by atoms with Crippen molar-refractivity contribution in [3.8, 4) is 22.3 Å². The molecule has 300 valence electrons. The molecular formula is C54H50Cl2O2SiZr. The van der Waals surface area contributed by atoms with E-state index in [2.05, 4.69) is 188 Å². The molecule has 8 aromatic rings. The summed E-state index contributed by atoms with van der Waals surface area (Å²) in [6.07, 6.45) is 5.08. The summed E-state index contributed by atoms with van der Waals surface area (Å²) < 4.78 is 13.9. The number of allylic oxidation sites excluding steroid dienone is 2. The maximum absolute atomic E-state index is 6.66. The Balaban J connectivity index is 0.00000249. The molecule has 0 bridgehead atoms. The van der Waals surface area contributed by atoms with Crippen molar-refractivity contribution in [2.45, 2.75) is 61.9 Å². The summed E-state index contributed by atoms with van der Waals surface area (Å²) in [6.45, 7) is 18.7. The summed E-state index contributed by atoms with van der Waals surface area (Å²) in [5.74, 6) is 3.96. The fourth-order valence-electron chi connectivity index (χ4n) is 9.98. The molecule has 2 heterocycles. The molecule has 2 aliphatic carbocycles. The number of furan rings is 2. The average molecular weight is 921 g/mol. The average Bonchev–Trinajstić information content (AvgIpc) is 4.02. The van der Waals surface area contributed by atoms with Gasteiger partial charge in [0.25, 0.3) is 0 Å². The molecule has 10 rings (SSSR count). The van der Waals surface area contributed by atoms with E-state index in [9.17, 15) is 0 Å². The molecule has 0 radical (unpaired) electrons. The van der Waals surface area contributed by atoms with Gasteiger partial charge in [-0.25, -0.2) is 0 Å². The first-order valence-corrected chi connectivity index (χ1v) is 29.6. The van der Waals surface area contributed by atoms with Crippen LogP contribution in [0.5, 0.6) is 0 Å². The van der Waals surface area contributed by atoms with Crippen molar-refractivity contribution in [3.63, 3.8) is 0 Å². The monoisotopic (exact) mass is 918 g/mol. The Bertz CT molecular complexity index is 2920. The number of aryl methyl sites for hydroxylation is 4. The van der Waals surface area contributed by atoms with E-state index in [1.807, 2.05) is 0 Å². The van der Waals surface area contributed by atoms with E-state index in [0.717, 1.165) is 23.0 Å². The number of benzene rings is 6. The van der Waals surface area contributed by atoms with Gasteiger partial charge in [0, 0.05) is 0 Å². The summed E-state index contributed by atoms with van der Waals surface area (Å²) in [7, 11) is 0. The smallest absolute Gasteiger partial charge is 0.147 e. The molecule has 0 saturated carbocycles. The van der Waals surface area contributed by atoms with Crippen LogP contribution in [0.3, 0.4) is 0 Å². The maximum Gasteiger partial charge on any atom is -0.147 e. The van der Waals surface area contributed by atoms with Gasteiger partial charge in [-0.15, -0.1) is 24.8 Å². The van der Waals surface area contributed by atoms with Crippen LogP contribution in [0.2, 0.25) is 13.1 Å². The first-order chi connectivity index (χ1) is 28.0. The van der Waals surface area contributed by atoms with Gasteiger partial charge in [0.15, 0.2) is 0 Å². The molecule has 2 aliphatic rings. The van der Waals surface area contributed by atoms with Crippen molar-refractivity contribution < 1.29 is 29.2 Å². The van der Waals surface area contributed by atoms with Crippen LogP contribution in [0, 0.1) is 41.5 Å². The Morgan fingerprint density at radius 3 is 1.23 bits per heavy atom. The molecule has 2 atom stereocenters. The van der Waals surface area contributed by atoms with E-state index < -0.39 is 25.8 Å². The van der Waals surface area contributed by atoms with E-state index in [-0.39, 0.29) is 24.8 Å². The molecule has 0 amide bonds. The van der Waals surface area contributed by atoms with Crippen LogP contribution < -0.4 is 0 Å². The number of rotatable bonds is 6. The molecule has 0 saturated heterocycles. The van der Waals surface area contributed by atoms with Gasteiger partial charge in [-0.05, 0) is 0 Å². The van der Waals surface area contributed by atoms with Gasteiger partial charge < -0.3 is 0 Å². The Hall–Kier alpha value is -4.44. The van der Waals surface area contributed by atoms with E-state index in [0.29, 0.717) is 7.25 Å². The zero-order valence-electron chi connectivity index (χ0n) is 35.5. The van der Waals surface area contributed by atoms with Crippen LogP contribution in [0.4, 0.5) is 0 Å². The second-order valence-corrected chi connectivity index (χ2v) is 34.7. The molecule has 0 fully saturated rings. The maximum atomic E-state index is 6.66. The third kappa shape index (κ3) is 6.98. The standard InChI is InChI=1S/2C26H21O.C2H6Si.2ClH.Zr/c2*1-16-12-22-14-23(25-11-8-17(2)27-25)15-24(22)26(18(16)3)21-10-9-19-6-4-5-7-20(19)13-21;1-3-2;;;/h2*4-15H,1-3H3;1-2H3;2*1H;. The number of halogens is 2. The van der Waals surface area contributed by atoms with E-state index >= 15 is 0 Å². The first kappa shape index (κ1) is 42.3.